The van der Waals surface area contributed by atoms with Crippen LogP contribution in [0, 0.1) is 0 Å². The Bertz CT molecular complexity index is 802. The van der Waals surface area contributed by atoms with E-state index >= 15 is 0 Å². The Morgan fingerprint density at radius 3 is 1.46 bits per heavy atom. The Balaban J connectivity index is 1.81. The first-order valence-corrected chi connectivity index (χ1v) is 7.71. The van der Waals surface area contributed by atoms with Gasteiger partial charge in [0.25, 0.3) is 0 Å². The summed E-state index contributed by atoms with van der Waals surface area (Å²) < 4.78 is 12.3. The molecule has 1 aliphatic heterocycles. The fourth-order valence-corrected chi connectivity index (χ4v) is 2.93. The van der Waals surface area contributed by atoms with Gasteiger partial charge in [-0.2, -0.15) is 0 Å². The first kappa shape index (κ1) is 14.5. The number of fused-ring (bicyclic) bond motifs is 1. The number of para-hydroxylation sites is 2. The fourth-order valence-electron chi connectivity index (χ4n) is 2.93. The third-order valence-corrected chi connectivity index (χ3v) is 4.03. The van der Waals surface area contributed by atoms with E-state index in [0.717, 1.165) is 11.1 Å². The molecule has 1 aliphatic rings. The molecule has 4 nitrogen and oxygen atoms in total. The van der Waals surface area contributed by atoms with Crippen LogP contribution in [0.15, 0.2) is 72.8 Å². The average molecular weight is 320 g/mol. The van der Waals surface area contributed by atoms with Crippen molar-refractivity contribution in [3.05, 3.63) is 83.9 Å². The van der Waals surface area contributed by atoms with Gasteiger partial charge in [-0.25, -0.2) is 0 Å². The van der Waals surface area contributed by atoms with E-state index in [1.807, 2.05) is 36.4 Å². The Hall–Kier alpha value is -3.14. The van der Waals surface area contributed by atoms with Crippen molar-refractivity contribution in [3.63, 3.8) is 0 Å². The van der Waals surface area contributed by atoms with Crippen LogP contribution in [0.3, 0.4) is 0 Å². The summed E-state index contributed by atoms with van der Waals surface area (Å²) in [6.45, 7) is 0. The lowest BCUT2D eigenvalue weighted by atomic mass is 9.96. The van der Waals surface area contributed by atoms with Crippen LogP contribution in [0.5, 0.6) is 23.0 Å². The molecular formula is C20H16O4. The SMILES string of the molecule is Oc1cccc([C@H]2Oc3ccccc3O[C@H]2c2cccc(O)c2)c1. The second-order valence-electron chi connectivity index (χ2n) is 5.71. The van der Waals surface area contributed by atoms with Gasteiger partial charge in [0, 0.05) is 11.1 Å². The number of hydrogen-bond acceptors (Lipinski definition) is 4. The Morgan fingerprint density at radius 1 is 0.583 bits per heavy atom. The molecule has 4 heteroatoms. The molecule has 0 saturated heterocycles. The number of benzene rings is 3. The van der Waals surface area contributed by atoms with E-state index in [-0.39, 0.29) is 11.5 Å². The smallest absolute Gasteiger partial charge is 0.165 e. The molecule has 0 aliphatic carbocycles. The molecule has 0 saturated carbocycles. The van der Waals surface area contributed by atoms with E-state index in [1.165, 1.54) is 0 Å². The van der Waals surface area contributed by atoms with Gasteiger partial charge in [0.15, 0.2) is 23.7 Å². The number of ether oxygens (including phenoxy) is 2. The standard InChI is InChI=1S/C20H16O4/c21-15-7-3-5-13(11-15)19-20(14-6-4-8-16(22)12-14)24-18-10-2-1-9-17(18)23-19/h1-12,19-22H/t19-,20+. The van der Waals surface area contributed by atoms with Crippen molar-refractivity contribution >= 4 is 0 Å². The maximum Gasteiger partial charge on any atom is 0.165 e. The summed E-state index contributed by atoms with van der Waals surface area (Å²) in [5.74, 6) is 1.65. The molecule has 0 fully saturated rings. The molecular weight excluding hydrogens is 304 g/mol. The second-order valence-corrected chi connectivity index (χ2v) is 5.71. The van der Waals surface area contributed by atoms with Gasteiger partial charge in [-0.15, -0.1) is 0 Å². The summed E-state index contributed by atoms with van der Waals surface area (Å²) in [7, 11) is 0. The highest BCUT2D eigenvalue weighted by Gasteiger charge is 2.34. The third-order valence-electron chi connectivity index (χ3n) is 4.03. The highest BCUT2D eigenvalue weighted by molar-refractivity contribution is 5.44. The highest BCUT2D eigenvalue weighted by Crippen LogP contribution is 2.46. The van der Waals surface area contributed by atoms with Gasteiger partial charge in [-0.05, 0) is 36.4 Å². The highest BCUT2D eigenvalue weighted by atomic mass is 16.6. The normalized spacial score (nSPS) is 19.0. The fraction of sp³-hybridized carbons (Fsp3) is 0.100. The zero-order chi connectivity index (χ0) is 16.5. The summed E-state index contributed by atoms with van der Waals surface area (Å²) in [4.78, 5) is 0. The molecule has 3 aromatic carbocycles. The van der Waals surface area contributed by atoms with Crippen LogP contribution in [0.25, 0.3) is 0 Å². The van der Waals surface area contributed by atoms with Crippen molar-refractivity contribution in [3.8, 4) is 23.0 Å². The van der Waals surface area contributed by atoms with Crippen molar-refractivity contribution in [2.45, 2.75) is 12.2 Å². The maximum absolute atomic E-state index is 9.80. The Kier molecular flexibility index (Phi) is 3.50. The largest absolute Gasteiger partial charge is 0.508 e. The van der Waals surface area contributed by atoms with Crippen molar-refractivity contribution in [2.24, 2.45) is 0 Å². The van der Waals surface area contributed by atoms with Crippen LogP contribution < -0.4 is 9.47 Å². The lowest BCUT2D eigenvalue weighted by Gasteiger charge is -2.34. The van der Waals surface area contributed by atoms with Gasteiger partial charge in [-0.1, -0.05) is 36.4 Å². The van der Waals surface area contributed by atoms with E-state index in [2.05, 4.69) is 0 Å². The lowest BCUT2D eigenvalue weighted by Crippen LogP contribution is -2.26. The maximum atomic E-state index is 9.80. The van der Waals surface area contributed by atoms with Crippen LogP contribution in [0.1, 0.15) is 23.3 Å². The molecule has 2 atom stereocenters. The summed E-state index contributed by atoms with van der Waals surface area (Å²) in [5.41, 5.74) is 1.61. The van der Waals surface area contributed by atoms with Gasteiger partial charge >= 0.3 is 0 Å². The van der Waals surface area contributed by atoms with E-state index in [4.69, 9.17) is 9.47 Å². The first-order valence-electron chi connectivity index (χ1n) is 7.71. The predicted octanol–water partition coefficient (Wildman–Crippen LogP) is 4.35. The van der Waals surface area contributed by atoms with Crippen molar-refractivity contribution < 1.29 is 19.7 Å². The molecule has 0 unspecified atom stereocenters. The molecule has 0 radical (unpaired) electrons. The number of rotatable bonds is 2. The Labute approximate surface area is 139 Å². The minimum absolute atomic E-state index is 0.171. The number of aromatic hydroxyl groups is 2. The van der Waals surface area contributed by atoms with Crippen LogP contribution >= 0.6 is 0 Å². The molecule has 1 heterocycles. The van der Waals surface area contributed by atoms with E-state index in [1.54, 1.807) is 36.4 Å². The monoisotopic (exact) mass is 320 g/mol. The molecule has 0 spiro atoms. The van der Waals surface area contributed by atoms with Crippen molar-refractivity contribution in [1.29, 1.82) is 0 Å². The minimum Gasteiger partial charge on any atom is -0.508 e. The van der Waals surface area contributed by atoms with Crippen molar-refractivity contribution in [1.82, 2.24) is 0 Å². The summed E-state index contributed by atoms with van der Waals surface area (Å²) in [5, 5.41) is 19.6. The molecule has 0 aromatic heterocycles. The van der Waals surface area contributed by atoms with E-state index in [0.29, 0.717) is 11.5 Å². The molecule has 120 valence electrons. The van der Waals surface area contributed by atoms with Gasteiger partial charge in [0.1, 0.15) is 11.5 Å². The Morgan fingerprint density at radius 2 is 1.04 bits per heavy atom. The van der Waals surface area contributed by atoms with Gasteiger partial charge in [-0.3, -0.25) is 0 Å². The van der Waals surface area contributed by atoms with Gasteiger partial charge < -0.3 is 19.7 Å². The topological polar surface area (TPSA) is 58.9 Å². The quantitative estimate of drug-likeness (QED) is 0.737. The molecule has 2 N–H and O–H groups in total. The van der Waals surface area contributed by atoms with Crippen LogP contribution in [-0.4, -0.2) is 10.2 Å². The van der Waals surface area contributed by atoms with Crippen LogP contribution in [0.2, 0.25) is 0 Å². The number of phenols is 2. The molecule has 3 aromatic rings. The molecule has 24 heavy (non-hydrogen) atoms. The zero-order valence-electron chi connectivity index (χ0n) is 12.8. The van der Waals surface area contributed by atoms with Gasteiger partial charge in [0.05, 0.1) is 0 Å². The minimum atomic E-state index is -0.436. The first-order chi connectivity index (χ1) is 11.7. The summed E-state index contributed by atoms with van der Waals surface area (Å²) in [6, 6.07) is 21.3. The number of hydrogen-bond donors (Lipinski definition) is 2. The third kappa shape index (κ3) is 2.63. The zero-order valence-corrected chi connectivity index (χ0v) is 12.8. The predicted molar refractivity (Wildman–Crippen MR) is 89.4 cm³/mol. The van der Waals surface area contributed by atoms with Crippen molar-refractivity contribution in [2.75, 3.05) is 0 Å². The van der Waals surface area contributed by atoms with E-state index < -0.39 is 12.2 Å². The molecule has 0 amide bonds. The molecule has 0 bridgehead atoms. The van der Waals surface area contributed by atoms with Crippen LogP contribution in [0.4, 0.5) is 0 Å². The summed E-state index contributed by atoms with van der Waals surface area (Å²) >= 11 is 0. The van der Waals surface area contributed by atoms with Crippen LogP contribution in [-0.2, 0) is 0 Å². The number of phenolic OH excluding ortho intramolecular Hbond substituents is 2. The average Bonchev–Trinajstić information content (AvgIpc) is 2.60. The lowest BCUT2D eigenvalue weighted by molar-refractivity contribution is 0.0182. The van der Waals surface area contributed by atoms with Gasteiger partial charge in [0.2, 0.25) is 0 Å². The molecule has 4 rings (SSSR count). The summed E-state index contributed by atoms with van der Waals surface area (Å²) in [6.07, 6.45) is -0.873. The van der Waals surface area contributed by atoms with E-state index in [9.17, 15) is 10.2 Å². The second kappa shape index (κ2) is 5.81.